The number of H-pyrrole nitrogens is 1. The van der Waals surface area contributed by atoms with Gasteiger partial charge in [-0.1, -0.05) is 0 Å². The maximum atomic E-state index is 13.2. The molecule has 2 nitrogen and oxygen atoms in total. The van der Waals surface area contributed by atoms with Gasteiger partial charge >= 0.3 is 0 Å². The Morgan fingerprint density at radius 3 is 2.93 bits per heavy atom. The molecule has 2 aromatic rings. The number of fused-ring (bicyclic) bond motifs is 1. The summed E-state index contributed by atoms with van der Waals surface area (Å²) in [6.07, 6.45) is 1.92. The monoisotopic (exact) mass is 214 g/mol. The number of imidazole rings is 1. The van der Waals surface area contributed by atoms with Crippen molar-refractivity contribution in [2.45, 2.75) is 5.75 Å². The molecule has 1 aromatic heterocycles. The van der Waals surface area contributed by atoms with E-state index in [-0.39, 0.29) is 5.52 Å². The van der Waals surface area contributed by atoms with Gasteiger partial charge in [0.25, 0.3) is 0 Å². The Hall–Kier alpha value is -1.10. The molecule has 2 rings (SSSR count). The van der Waals surface area contributed by atoms with E-state index < -0.39 is 11.6 Å². The summed E-state index contributed by atoms with van der Waals surface area (Å²) in [5.74, 6) is 0.116. The summed E-state index contributed by atoms with van der Waals surface area (Å²) in [5.41, 5.74) is 0.613. The van der Waals surface area contributed by atoms with Crippen LogP contribution in [-0.4, -0.2) is 16.2 Å². The topological polar surface area (TPSA) is 28.7 Å². The third kappa shape index (κ3) is 1.59. The predicted octanol–water partition coefficient (Wildman–Crippen LogP) is 2.70. The van der Waals surface area contributed by atoms with Crippen molar-refractivity contribution < 1.29 is 8.78 Å². The Bertz CT molecular complexity index is 467. The van der Waals surface area contributed by atoms with Gasteiger partial charge in [0.1, 0.15) is 17.2 Å². The highest BCUT2D eigenvalue weighted by atomic mass is 32.2. The van der Waals surface area contributed by atoms with Crippen LogP contribution >= 0.6 is 11.8 Å². The van der Waals surface area contributed by atoms with Gasteiger partial charge in [-0.3, -0.25) is 0 Å². The van der Waals surface area contributed by atoms with Gasteiger partial charge in [-0.05, 0) is 12.3 Å². The summed E-state index contributed by atoms with van der Waals surface area (Å²) in [6, 6.07) is 2.08. The first-order valence-corrected chi connectivity index (χ1v) is 5.42. The molecular weight excluding hydrogens is 206 g/mol. The molecule has 0 saturated heterocycles. The molecule has 1 N–H and O–H groups in total. The van der Waals surface area contributed by atoms with Gasteiger partial charge in [-0.15, -0.1) is 0 Å². The number of aromatic amines is 1. The molecule has 0 saturated carbocycles. The maximum Gasteiger partial charge on any atom is 0.153 e. The summed E-state index contributed by atoms with van der Waals surface area (Å²) >= 11 is 1.57. The molecule has 5 heteroatoms. The average Bonchev–Trinajstić information content (AvgIpc) is 2.48. The molecule has 0 atom stereocenters. The quantitative estimate of drug-likeness (QED) is 0.832. The third-order valence-electron chi connectivity index (χ3n) is 1.83. The lowest BCUT2D eigenvalue weighted by atomic mass is 10.3. The average molecular weight is 214 g/mol. The summed E-state index contributed by atoms with van der Waals surface area (Å²) in [7, 11) is 0. The molecule has 1 heterocycles. The SMILES string of the molecule is CSCc1nc2c(F)cc(F)cc2[nH]1. The lowest BCUT2D eigenvalue weighted by Crippen LogP contribution is -1.82. The second-order valence-corrected chi connectivity index (χ2v) is 3.77. The van der Waals surface area contributed by atoms with Gasteiger partial charge in [0.05, 0.1) is 11.3 Å². The minimum absolute atomic E-state index is 0.204. The molecular formula is C9H8F2N2S. The number of nitrogens with one attached hydrogen (secondary N) is 1. The summed E-state index contributed by atoms with van der Waals surface area (Å²) < 4.78 is 26.0. The van der Waals surface area contributed by atoms with Gasteiger partial charge in [0.15, 0.2) is 5.82 Å². The van der Waals surface area contributed by atoms with E-state index in [1.54, 1.807) is 11.8 Å². The van der Waals surface area contributed by atoms with Crippen LogP contribution in [0.2, 0.25) is 0 Å². The molecule has 0 spiro atoms. The summed E-state index contributed by atoms with van der Waals surface area (Å²) in [6.45, 7) is 0. The predicted molar refractivity (Wildman–Crippen MR) is 53.2 cm³/mol. The highest BCUT2D eigenvalue weighted by Gasteiger charge is 2.08. The van der Waals surface area contributed by atoms with Crippen molar-refractivity contribution in [1.29, 1.82) is 0 Å². The fraction of sp³-hybridized carbons (Fsp3) is 0.222. The number of halogens is 2. The van der Waals surface area contributed by atoms with E-state index in [1.807, 2.05) is 6.26 Å². The summed E-state index contributed by atoms with van der Waals surface area (Å²) in [5, 5.41) is 0. The zero-order valence-corrected chi connectivity index (χ0v) is 8.29. The maximum absolute atomic E-state index is 13.2. The Balaban J connectivity index is 2.58. The van der Waals surface area contributed by atoms with Crippen LogP contribution in [0.3, 0.4) is 0 Å². The van der Waals surface area contributed by atoms with Gasteiger partial charge in [0, 0.05) is 6.07 Å². The van der Waals surface area contributed by atoms with E-state index in [9.17, 15) is 8.78 Å². The number of aromatic nitrogens is 2. The standard InChI is InChI=1S/C9H8F2N2S/c1-14-4-8-12-7-3-5(10)2-6(11)9(7)13-8/h2-3H,4H2,1H3,(H,12,13). The van der Waals surface area contributed by atoms with E-state index >= 15 is 0 Å². The van der Waals surface area contributed by atoms with Crippen molar-refractivity contribution in [2.75, 3.05) is 6.26 Å². The second kappa shape index (κ2) is 3.57. The highest BCUT2D eigenvalue weighted by molar-refractivity contribution is 7.97. The van der Waals surface area contributed by atoms with E-state index in [4.69, 9.17) is 0 Å². The smallest absolute Gasteiger partial charge is 0.153 e. The second-order valence-electron chi connectivity index (χ2n) is 2.90. The molecule has 0 unspecified atom stereocenters. The first kappa shape index (κ1) is 9.45. The molecule has 74 valence electrons. The molecule has 1 aromatic carbocycles. The first-order valence-electron chi connectivity index (χ1n) is 4.03. The van der Waals surface area contributed by atoms with E-state index in [0.29, 0.717) is 17.1 Å². The number of nitrogens with zero attached hydrogens (tertiary/aromatic N) is 1. The molecule has 0 aliphatic carbocycles. The Kier molecular flexibility index (Phi) is 2.41. The van der Waals surface area contributed by atoms with Crippen LogP contribution in [0.15, 0.2) is 12.1 Å². The lowest BCUT2D eigenvalue weighted by Gasteiger charge is -1.90. The van der Waals surface area contributed by atoms with Crippen molar-refractivity contribution in [3.8, 4) is 0 Å². The van der Waals surface area contributed by atoms with Crippen LogP contribution in [0, 0.1) is 11.6 Å². The molecule has 0 aliphatic heterocycles. The van der Waals surface area contributed by atoms with Crippen LogP contribution in [-0.2, 0) is 5.75 Å². The third-order valence-corrected chi connectivity index (χ3v) is 2.40. The lowest BCUT2D eigenvalue weighted by molar-refractivity contribution is 0.590. The zero-order valence-electron chi connectivity index (χ0n) is 7.47. The largest absolute Gasteiger partial charge is 0.341 e. The van der Waals surface area contributed by atoms with Crippen LogP contribution in [0.1, 0.15) is 5.82 Å². The Labute approximate surface area is 83.7 Å². The minimum atomic E-state index is -0.622. The summed E-state index contributed by atoms with van der Waals surface area (Å²) in [4.78, 5) is 6.89. The number of hydrogen-bond donors (Lipinski definition) is 1. The minimum Gasteiger partial charge on any atom is -0.341 e. The molecule has 0 bridgehead atoms. The Morgan fingerprint density at radius 2 is 2.21 bits per heavy atom. The fourth-order valence-corrected chi connectivity index (χ4v) is 1.71. The zero-order chi connectivity index (χ0) is 10.1. The number of benzene rings is 1. The van der Waals surface area contributed by atoms with Gasteiger partial charge in [-0.25, -0.2) is 13.8 Å². The van der Waals surface area contributed by atoms with Gasteiger partial charge in [0.2, 0.25) is 0 Å². The Morgan fingerprint density at radius 1 is 1.43 bits per heavy atom. The van der Waals surface area contributed by atoms with E-state index in [0.717, 1.165) is 6.07 Å². The molecule has 0 aliphatic rings. The van der Waals surface area contributed by atoms with Crippen molar-refractivity contribution in [2.24, 2.45) is 0 Å². The normalized spacial score (nSPS) is 11.1. The number of thioether (sulfide) groups is 1. The molecule has 0 fully saturated rings. The van der Waals surface area contributed by atoms with Crippen molar-refractivity contribution in [3.63, 3.8) is 0 Å². The van der Waals surface area contributed by atoms with E-state index in [2.05, 4.69) is 9.97 Å². The van der Waals surface area contributed by atoms with Gasteiger partial charge in [-0.2, -0.15) is 11.8 Å². The van der Waals surface area contributed by atoms with E-state index in [1.165, 1.54) is 6.07 Å². The van der Waals surface area contributed by atoms with Crippen LogP contribution in [0.5, 0.6) is 0 Å². The number of rotatable bonds is 2. The first-order chi connectivity index (χ1) is 6.70. The van der Waals surface area contributed by atoms with Crippen LogP contribution in [0.25, 0.3) is 11.0 Å². The van der Waals surface area contributed by atoms with Crippen LogP contribution < -0.4 is 0 Å². The molecule has 14 heavy (non-hydrogen) atoms. The highest BCUT2D eigenvalue weighted by Crippen LogP contribution is 2.18. The van der Waals surface area contributed by atoms with Crippen molar-refractivity contribution in [3.05, 3.63) is 29.6 Å². The van der Waals surface area contributed by atoms with Crippen LogP contribution in [0.4, 0.5) is 8.78 Å². The fourth-order valence-electron chi connectivity index (χ4n) is 1.30. The molecule has 0 amide bonds. The van der Waals surface area contributed by atoms with Crippen molar-refractivity contribution in [1.82, 2.24) is 9.97 Å². The number of hydrogen-bond acceptors (Lipinski definition) is 2. The molecule has 0 radical (unpaired) electrons. The van der Waals surface area contributed by atoms with Gasteiger partial charge < -0.3 is 4.98 Å². The van der Waals surface area contributed by atoms with Crippen molar-refractivity contribution >= 4 is 22.8 Å².